The molecule has 0 saturated carbocycles. The third-order valence-electron chi connectivity index (χ3n) is 3.90. The van der Waals surface area contributed by atoms with Crippen molar-refractivity contribution in [2.24, 2.45) is 0 Å². The van der Waals surface area contributed by atoms with Crippen molar-refractivity contribution in [2.45, 2.75) is 25.2 Å². The maximum atomic E-state index is 12.2. The Bertz CT molecular complexity index is 905. The van der Waals surface area contributed by atoms with Crippen LogP contribution in [-0.4, -0.2) is 39.9 Å². The lowest BCUT2D eigenvalue weighted by atomic mass is 10.1. The fourth-order valence-corrected chi connectivity index (χ4v) is 3.29. The average molecular weight is 405 g/mol. The highest BCUT2D eigenvalue weighted by Gasteiger charge is 2.17. The summed E-state index contributed by atoms with van der Waals surface area (Å²) < 4.78 is 36.7. The SMILES string of the molecule is CCOc1ccc(S(=O)(=O)NCC(=O)OCC(=O)c2ccc(CC)cc2)cc1. The van der Waals surface area contributed by atoms with Crippen LogP contribution in [0.5, 0.6) is 5.75 Å². The van der Waals surface area contributed by atoms with Crippen molar-refractivity contribution in [1.82, 2.24) is 4.72 Å². The zero-order valence-electron chi connectivity index (χ0n) is 15.8. The van der Waals surface area contributed by atoms with Crippen LogP contribution >= 0.6 is 0 Å². The van der Waals surface area contributed by atoms with E-state index >= 15 is 0 Å². The Morgan fingerprint density at radius 3 is 2.18 bits per heavy atom. The molecule has 28 heavy (non-hydrogen) atoms. The maximum absolute atomic E-state index is 12.2. The molecule has 0 heterocycles. The number of benzene rings is 2. The van der Waals surface area contributed by atoms with Gasteiger partial charge in [-0.3, -0.25) is 9.59 Å². The third kappa shape index (κ3) is 6.17. The monoisotopic (exact) mass is 405 g/mol. The van der Waals surface area contributed by atoms with Crippen LogP contribution in [0.15, 0.2) is 53.4 Å². The lowest BCUT2D eigenvalue weighted by molar-refractivity contribution is -0.141. The molecule has 0 aliphatic rings. The summed E-state index contributed by atoms with van der Waals surface area (Å²) in [5.74, 6) is -0.648. The van der Waals surface area contributed by atoms with Crippen LogP contribution in [0.25, 0.3) is 0 Å². The number of carbonyl (C=O) groups excluding carboxylic acids is 2. The number of ketones is 1. The summed E-state index contributed by atoms with van der Waals surface area (Å²) in [6.07, 6.45) is 0.859. The molecular formula is C20H23NO6S. The first kappa shape index (κ1) is 21.6. The molecule has 0 saturated heterocycles. The van der Waals surface area contributed by atoms with Crippen molar-refractivity contribution >= 4 is 21.8 Å². The lowest BCUT2D eigenvalue weighted by Gasteiger charge is -2.08. The summed E-state index contributed by atoms with van der Waals surface area (Å²) in [7, 11) is -3.88. The standard InChI is InChI=1S/C20H23NO6S/c1-3-15-5-7-16(8-6-15)19(22)14-27-20(23)13-21-28(24,25)18-11-9-17(10-12-18)26-4-2/h5-12,21H,3-4,13-14H2,1-2H3. The van der Waals surface area contributed by atoms with Gasteiger partial charge in [-0.15, -0.1) is 0 Å². The van der Waals surface area contributed by atoms with Gasteiger partial charge in [0, 0.05) is 5.56 Å². The van der Waals surface area contributed by atoms with E-state index in [1.54, 1.807) is 12.1 Å². The molecule has 0 amide bonds. The second-order valence-corrected chi connectivity index (χ2v) is 7.63. The Morgan fingerprint density at radius 2 is 1.61 bits per heavy atom. The number of esters is 1. The number of Topliss-reactive ketones (excluding diaryl/α,β-unsaturated/α-hetero) is 1. The van der Waals surface area contributed by atoms with Gasteiger partial charge in [-0.05, 0) is 43.2 Å². The van der Waals surface area contributed by atoms with E-state index in [1.165, 1.54) is 24.3 Å². The zero-order valence-corrected chi connectivity index (χ0v) is 16.6. The van der Waals surface area contributed by atoms with E-state index in [0.717, 1.165) is 12.0 Å². The van der Waals surface area contributed by atoms with Crippen molar-refractivity contribution in [2.75, 3.05) is 19.8 Å². The van der Waals surface area contributed by atoms with Crippen LogP contribution < -0.4 is 9.46 Å². The van der Waals surface area contributed by atoms with Crippen molar-refractivity contribution < 1.29 is 27.5 Å². The third-order valence-corrected chi connectivity index (χ3v) is 5.32. The van der Waals surface area contributed by atoms with Gasteiger partial charge in [0.25, 0.3) is 0 Å². The number of carbonyl (C=O) groups is 2. The number of ether oxygens (including phenoxy) is 2. The van der Waals surface area contributed by atoms with E-state index in [9.17, 15) is 18.0 Å². The molecule has 0 unspecified atom stereocenters. The van der Waals surface area contributed by atoms with Crippen LogP contribution in [0.4, 0.5) is 0 Å². The molecule has 0 radical (unpaired) electrons. The molecule has 1 N–H and O–H groups in total. The van der Waals surface area contributed by atoms with Crippen LogP contribution in [-0.2, 0) is 26.0 Å². The predicted octanol–water partition coefficient (Wildman–Crippen LogP) is 2.35. The number of hydrogen-bond acceptors (Lipinski definition) is 6. The molecular weight excluding hydrogens is 382 g/mol. The van der Waals surface area contributed by atoms with Gasteiger partial charge >= 0.3 is 5.97 Å². The average Bonchev–Trinajstić information content (AvgIpc) is 2.71. The van der Waals surface area contributed by atoms with E-state index in [4.69, 9.17) is 9.47 Å². The highest BCUT2D eigenvalue weighted by atomic mass is 32.2. The van der Waals surface area contributed by atoms with Crippen LogP contribution in [0, 0.1) is 0 Å². The predicted molar refractivity (Wildman–Crippen MR) is 104 cm³/mol. The minimum atomic E-state index is -3.88. The molecule has 0 fully saturated rings. The fourth-order valence-electron chi connectivity index (χ4n) is 2.33. The summed E-state index contributed by atoms with van der Waals surface area (Å²) in [5, 5.41) is 0. The first-order valence-corrected chi connectivity index (χ1v) is 10.3. The highest BCUT2D eigenvalue weighted by Crippen LogP contribution is 2.15. The van der Waals surface area contributed by atoms with Gasteiger partial charge < -0.3 is 9.47 Å². The number of nitrogens with one attached hydrogen (secondary N) is 1. The molecule has 2 aromatic rings. The number of sulfonamides is 1. The van der Waals surface area contributed by atoms with Gasteiger partial charge in [-0.25, -0.2) is 8.42 Å². The van der Waals surface area contributed by atoms with E-state index in [2.05, 4.69) is 4.72 Å². The molecule has 0 spiro atoms. The van der Waals surface area contributed by atoms with Gasteiger partial charge in [0.05, 0.1) is 11.5 Å². The van der Waals surface area contributed by atoms with Crippen LogP contribution in [0.1, 0.15) is 29.8 Å². The summed E-state index contributed by atoms with van der Waals surface area (Å²) in [6, 6.07) is 12.8. The van der Waals surface area contributed by atoms with Crippen molar-refractivity contribution in [1.29, 1.82) is 0 Å². The second kappa shape index (κ2) is 10.0. The highest BCUT2D eigenvalue weighted by molar-refractivity contribution is 7.89. The second-order valence-electron chi connectivity index (χ2n) is 5.86. The van der Waals surface area contributed by atoms with Crippen LogP contribution in [0.3, 0.4) is 0 Å². The van der Waals surface area contributed by atoms with Gasteiger partial charge in [0.15, 0.2) is 12.4 Å². The molecule has 0 aliphatic carbocycles. The Balaban J connectivity index is 1.84. The summed E-state index contributed by atoms with van der Waals surface area (Å²) >= 11 is 0. The van der Waals surface area contributed by atoms with Gasteiger partial charge in [-0.1, -0.05) is 31.2 Å². The Hall–Kier alpha value is -2.71. The van der Waals surface area contributed by atoms with Crippen molar-refractivity contribution in [3.8, 4) is 5.75 Å². The minimum Gasteiger partial charge on any atom is -0.494 e. The number of aryl methyl sites for hydroxylation is 1. The molecule has 7 nitrogen and oxygen atoms in total. The zero-order chi connectivity index (χ0) is 20.6. The maximum Gasteiger partial charge on any atom is 0.321 e. The first-order valence-electron chi connectivity index (χ1n) is 8.86. The fraction of sp³-hybridized carbons (Fsp3) is 0.300. The van der Waals surface area contributed by atoms with E-state index in [-0.39, 0.29) is 10.7 Å². The minimum absolute atomic E-state index is 0.00385. The molecule has 0 atom stereocenters. The largest absolute Gasteiger partial charge is 0.494 e. The van der Waals surface area contributed by atoms with Gasteiger partial charge in [0.1, 0.15) is 12.3 Å². The summed E-state index contributed by atoms with van der Waals surface area (Å²) in [5.41, 5.74) is 1.53. The lowest BCUT2D eigenvalue weighted by Crippen LogP contribution is -2.31. The van der Waals surface area contributed by atoms with Gasteiger partial charge in [0.2, 0.25) is 10.0 Å². The molecule has 0 bridgehead atoms. The van der Waals surface area contributed by atoms with E-state index in [0.29, 0.717) is 17.9 Å². The van der Waals surface area contributed by atoms with E-state index in [1.807, 2.05) is 26.0 Å². The van der Waals surface area contributed by atoms with Crippen LogP contribution in [0.2, 0.25) is 0 Å². The topological polar surface area (TPSA) is 98.8 Å². The molecule has 2 aromatic carbocycles. The van der Waals surface area contributed by atoms with Gasteiger partial charge in [-0.2, -0.15) is 4.72 Å². The Labute approximate surface area is 164 Å². The number of rotatable bonds is 10. The quantitative estimate of drug-likeness (QED) is 0.481. The van der Waals surface area contributed by atoms with Crippen molar-refractivity contribution in [3.05, 3.63) is 59.7 Å². The van der Waals surface area contributed by atoms with E-state index < -0.39 is 29.1 Å². The molecule has 8 heteroatoms. The molecule has 0 aliphatic heterocycles. The molecule has 2 rings (SSSR count). The summed E-state index contributed by atoms with van der Waals surface area (Å²) in [4.78, 5) is 23.8. The summed E-state index contributed by atoms with van der Waals surface area (Å²) in [6.45, 7) is 3.28. The smallest absolute Gasteiger partial charge is 0.321 e. The number of hydrogen-bond donors (Lipinski definition) is 1. The first-order chi connectivity index (χ1) is 13.4. The van der Waals surface area contributed by atoms with Crippen molar-refractivity contribution in [3.63, 3.8) is 0 Å². The molecule has 0 aromatic heterocycles. The molecule has 150 valence electrons. The normalized spacial score (nSPS) is 11.1. The Morgan fingerprint density at radius 1 is 0.964 bits per heavy atom. The Kier molecular flexibility index (Phi) is 7.71.